The van der Waals surface area contributed by atoms with Crippen molar-refractivity contribution in [2.45, 2.75) is 25.5 Å². The van der Waals surface area contributed by atoms with Crippen LogP contribution >= 0.6 is 11.8 Å². The fourth-order valence-corrected chi connectivity index (χ4v) is 3.86. The highest BCUT2D eigenvalue weighted by Crippen LogP contribution is 2.44. The van der Waals surface area contributed by atoms with E-state index in [1.165, 1.54) is 27.3 Å². The number of rotatable bonds is 6. The van der Waals surface area contributed by atoms with Gasteiger partial charge in [0.1, 0.15) is 6.33 Å². The lowest BCUT2D eigenvalue weighted by Gasteiger charge is -2.27. The molecule has 0 aromatic carbocycles. The largest absolute Gasteiger partial charge is 0.394 e. The molecule has 0 aliphatic carbocycles. The number of nitrogens with zero attached hydrogens (tertiary/aromatic N) is 5. The molecule has 3 rings (SSSR count). The Bertz CT molecular complexity index is 860. The van der Waals surface area contributed by atoms with Gasteiger partial charge in [-0.15, -0.1) is 0 Å². The summed E-state index contributed by atoms with van der Waals surface area (Å²) < 4.78 is 2.61. The molecular weight excluding hydrogens is 344 g/mol. The summed E-state index contributed by atoms with van der Waals surface area (Å²) in [6, 6.07) is 3.75. The maximum Gasteiger partial charge on any atom is 0.348 e. The Morgan fingerprint density at radius 3 is 2.92 bits per heavy atom. The highest BCUT2D eigenvalue weighted by molar-refractivity contribution is 8.04. The summed E-state index contributed by atoms with van der Waals surface area (Å²) in [6.45, 7) is 2.19. The van der Waals surface area contributed by atoms with Crippen molar-refractivity contribution < 1.29 is 9.90 Å². The molecule has 2 aromatic rings. The van der Waals surface area contributed by atoms with Crippen LogP contribution in [-0.4, -0.2) is 41.9 Å². The van der Waals surface area contributed by atoms with Crippen LogP contribution in [0.25, 0.3) is 0 Å². The number of aromatic nitrogens is 4. The van der Waals surface area contributed by atoms with Crippen molar-refractivity contribution in [3.8, 4) is 0 Å². The van der Waals surface area contributed by atoms with Crippen molar-refractivity contribution in [2.75, 3.05) is 6.61 Å². The Morgan fingerprint density at radius 1 is 1.48 bits per heavy atom. The number of nitrogens with two attached hydrogens (primary N) is 1. The molecule has 1 atom stereocenters. The number of hydrogen-bond donors (Lipinski definition) is 2. The number of primary amides is 1. The zero-order chi connectivity index (χ0) is 18.0. The molecule has 3 N–H and O–H groups in total. The van der Waals surface area contributed by atoms with Gasteiger partial charge in [0.05, 0.1) is 18.1 Å². The van der Waals surface area contributed by atoms with Crippen molar-refractivity contribution in [1.29, 1.82) is 0 Å². The minimum atomic E-state index is -0.531. The van der Waals surface area contributed by atoms with Crippen molar-refractivity contribution in [3.05, 3.63) is 57.5 Å². The van der Waals surface area contributed by atoms with E-state index in [1.54, 1.807) is 19.3 Å². The van der Waals surface area contributed by atoms with E-state index in [0.717, 1.165) is 5.56 Å². The lowest BCUT2D eigenvalue weighted by atomic mass is 10.2. The molecule has 132 valence electrons. The molecule has 1 amide bonds. The summed E-state index contributed by atoms with van der Waals surface area (Å²) in [5.74, 6) is -0.531. The van der Waals surface area contributed by atoms with Crippen molar-refractivity contribution in [2.24, 2.45) is 5.73 Å². The van der Waals surface area contributed by atoms with E-state index in [4.69, 9.17) is 10.8 Å². The molecule has 2 aromatic heterocycles. The molecule has 3 heterocycles. The summed E-state index contributed by atoms with van der Waals surface area (Å²) >= 11 is 1.21. The van der Waals surface area contributed by atoms with E-state index < -0.39 is 11.4 Å². The number of thioether (sulfide) groups is 1. The summed E-state index contributed by atoms with van der Waals surface area (Å²) in [6.07, 6.45) is 4.82. The molecule has 25 heavy (non-hydrogen) atoms. The van der Waals surface area contributed by atoms with Gasteiger partial charge in [0.25, 0.3) is 5.91 Å². The van der Waals surface area contributed by atoms with Crippen LogP contribution in [0.5, 0.6) is 0 Å². The number of aliphatic hydroxyl groups excluding tert-OH is 1. The Kier molecular flexibility index (Phi) is 4.91. The predicted octanol–water partition coefficient (Wildman–Crippen LogP) is -0.146. The molecule has 1 unspecified atom stereocenters. The number of amides is 1. The summed E-state index contributed by atoms with van der Waals surface area (Å²) in [5.41, 5.74) is 6.27. The summed E-state index contributed by atoms with van der Waals surface area (Å²) in [4.78, 5) is 30.7. The van der Waals surface area contributed by atoms with Crippen LogP contribution in [0.4, 0.5) is 0 Å². The quantitative estimate of drug-likeness (QED) is 0.733. The maximum atomic E-state index is 12.5. The van der Waals surface area contributed by atoms with Gasteiger partial charge in [0.2, 0.25) is 0 Å². The van der Waals surface area contributed by atoms with E-state index in [9.17, 15) is 9.59 Å². The highest BCUT2D eigenvalue weighted by atomic mass is 32.2. The second-order valence-corrected chi connectivity index (χ2v) is 6.55. The lowest BCUT2D eigenvalue weighted by molar-refractivity contribution is -0.114. The molecule has 0 bridgehead atoms. The summed E-state index contributed by atoms with van der Waals surface area (Å²) in [5, 5.41) is 13.0. The number of aliphatic hydroxyl groups is 1. The first-order valence-corrected chi connectivity index (χ1v) is 8.48. The topological polar surface area (TPSA) is 119 Å². The maximum absolute atomic E-state index is 12.5. The molecule has 0 saturated heterocycles. The molecule has 0 fully saturated rings. The average molecular weight is 362 g/mol. The Morgan fingerprint density at radius 2 is 2.28 bits per heavy atom. The average Bonchev–Trinajstić information content (AvgIpc) is 3.11. The van der Waals surface area contributed by atoms with Gasteiger partial charge in [-0.25, -0.2) is 9.48 Å². The monoisotopic (exact) mass is 362 g/mol. The Balaban J connectivity index is 1.97. The number of carbonyl (C=O) groups is 1. The number of hydrogen-bond acceptors (Lipinski definition) is 7. The van der Waals surface area contributed by atoms with Gasteiger partial charge in [-0.05, 0) is 18.6 Å². The van der Waals surface area contributed by atoms with Crippen molar-refractivity contribution in [1.82, 2.24) is 24.2 Å². The second-order valence-electron chi connectivity index (χ2n) is 5.48. The summed E-state index contributed by atoms with van der Waals surface area (Å²) in [7, 11) is 0. The first kappa shape index (κ1) is 17.2. The smallest absolute Gasteiger partial charge is 0.348 e. The first-order valence-electron chi connectivity index (χ1n) is 7.60. The fourth-order valence-electron chi connectivity index (χ4n) is 2.63. The Hall–Kier alpha value is -2.59. The molecule has 9 nitrogen and oxygen atoms in total. The molecule has 0 saturated carbocycles. The fraction of sp³-hybridized carbons (Fsp3) is 0.333. The standard InChI is InChI=1S/C15H18N6O3S/c1-10-12(13(16)23)25-15(19(10)8-11-3-2-4-17-7-11)20-9-18-21(5-6-22)14(20)24/h2-4,7,9,15,22H,5-6,8H2,1H3,(H2,16,23). The third-order valence-corrected chi connectivity index (χ3v) is 5.28. The van der Waals surface area contributed by atoms with Crippen LogP contribution in [-0.2, 0) is 17.9 Å². The van der Waals surface area contributed by atoms with E-state index in [-0.39, 0.29) is 18.8 Å². The first-order chi connectivity index (χ1) is 12.0. The number of carbonyl (C=O) groups excluding carboxylic acids is 1. The van der Waals surface area contributed by atoms with Gasteiger partial charge < -0.3 is 15.7 Å². The van der Waals surface area contributed by atoms with E-state index in [0.29, 0.717) is 17.1 Å². The number of pyridine rings is 1. The minimum Gasteiger partial charge on any atom is -0.394 e. The molecule has 1 aliphatic rings. The molecule has 0 spiro atoms. The molecule has 0 radical (unpaired) electrons. The predicted molar refractivity (Wildman–Crippen MR) is 91.9 cm³/mol. The third-order valence-electron chi connectivity index (χ3n) is 3.86. The third kappa shape index (κ3) is 3.30. The van der Waals surface area contributed by atoms with Crippen molar-refractivity contribution >= 4 is 17.7 Å². The second kappa shape index (κ2) is 7.11. The van der Waals surface area contributed by atoms with Crippen LogP contribution in [0.2, 0.25) is 0 Å². The van der Waals surface area contributed by atoms with E-state index >= 15 is 0 Å². The normalized spacial score (nSPS) is 17.4. The van der Waals surface area contributed by atoms with Crippen LogP contribution < -0.4 is 11.4 Å². The zero-order valence-corrected chi connectivity index (χ0v) is 14.4. The lowest BCUT2D eigenvalue weighted by Crippen LogP contribution is -2.33. The van der Waals surface area contributed by atoms with Crippen LogP contribution in [0.15, 0.2) is 46.3 Å². The minimum absolute atomic E-state index is 0.112. The van der Waals surface area contributed by atoms with Gasteiger partial charge in [-0.3, -0.25) is 14.3 Å². The zero-order valence-electron chi connectivity index (χ0n) is 13.6. The molecule has 10 heteroatoms. The SMILES string of the molecule is CC1=C(C(N)=O)SC(n2cnn(CCO)c2=O)N1Cc1cccnc1. The number of allylic oxidation sites excluding steroid dienone is 1. The van der Waals surface area contributed by atoms with E-state index in [1.807, 2.05) is 17.0 Å². The van der Waals surface area contributed by atoms with E-state index in [2.05, 4.69) is 10.1 Å². The molecular formula is C15H18N6O3S. The van der Waals surface area contributed by atoms with Gasteiger partial charge >= 0.3 is 5.69 Å². The highest BCUT2D eigenvalue weighted by Gasteiger charge is 2.35. The van der Waals surface area contributed by atoms with Gasteiger partial charge in [0, 0.05) is 24.6 Å². The van der Waals surface area contributed by atoms with Gasteiger partial charge in [0.15, 0.2) is 5.50 Å². The van der Waals surface area contributed by atoms with Crippen LogP contribution in [0.1, 0.15) is 18.0 Å². The van der Waals surface area contributed by atoms with Crippen molar-refractivity contribution in [3.63, 3.8) is 0 Å². The Labute approximate surface area is 147 Å². The van der Waals surface area contributed by atoms with Crippen LogP contribution in [0.3, 0.4) is 0 Å². The van der Waals surface area contributed by atoms with Gasteiger partial charge in [-0.2, -0.15) is 5.10 Å². The van der Waals surface area contributed by atoms with Crippen LogP contribution in [0, 0.1) is 0 Å². The van der Waals surface area contributed by atoms with Gasteiger partial charge in [-0.1, -0.05) is 17.8 Å². The molecule has 1 aliphatic heterocycles.